The molecule has 0 aromatic heterocycles. The molecule has 0 bridgehead atoms. The summed E-state index contributed by atoms with van der Waals surface area (Å²) in [4.78, 5) is 23.9. The molecule has 1 amide bonds. The molecule has 1 aliphatic rings. The summed E-state index contributed by atoms with van der Waals surface area (Å²) in [6, 6.07) is 15.9. The van der Waals surface area contributed by atoms with Crippen molar-refractivity contribution in [1.82, 2.24) is 0 Å². The number of amides is 1. The Morgan fingerprint density at radius 1 is 1.26 bits per heavy atom. The van der Waals surface area contributed by atoms with Gasteiger partial charge in [-0.15, -0.1) is 0 Å². The van der Waals surface area contributed by atoms with E-state index in [1.165, 1.54) is 13.2 Å². The number of nitrogens with two attached hydrogens (primary N) is 1. The summed E-state index contributed by atoms with van der Waals surface area (Å²) in [5.74, 6) is -1.52. The number of primary amides is 1. The van der Waals surface area contributed by atoms with Crippen LogP contribution < -0.4 is 10.5 Å². The molecule has 7 nitrogen and oxygen atoms in total. The highest BCUT2D eigenvalue weighted by atomic mass is 16.6. The highest BCUT2D eigenvalue weighted by molar-refractivity contribution is 5.93. The minimum atomic E-state index is -1.84. The summed E-state index contributed by atoms with van der Waals surface area (Å²) >= 11 is 0. The van der Waals surface area contributed by atoms with Gasteiger partial charge in [0.2, 0.25) is 11.9 Å². The van der Waals surface area contributed by atoms with E-state index in [9.17, 15) is 20.2 Å². The van der Waals surface area contributed by atoms with Crippen LogP contribution in [0.5, 0.6) is 5.75 Å². The van der Waals surface area contributed by atoms with Crippen molar-refractivity contribution in [3.63, 3.8) is 0 Å². The van der Waals surface area contributed by atoms with E-state index in [4.69, 9.17) is 10.5 Å². The number of rotatable bonds is 5. The Morgan fingerprint density at radius 2 is 1.96 bits per heavy atom. The molecule has 3 rings (SSSR count). The number of ether oxygens (including phenoxy) is 1. The second-order valence-corrected chi connectivity index (χ2v) is 6.30. The lowest BCUT2D eigenvalue weighted by molar-refractivity contribution is -0.510. The van der Waals surface area contributed by atoms with Crippen LogP contribution in [-0.2, 0) is 4.79 Å². The van der Waals surface area contributed by atoms with Crippen LogP contribution in [0.15, 0.2) is 60.7 Å². The van der Waals surface area contributed by atoms with Crippen LogP contribution in [-0.4, -0.2) is 24.0 Å². The van der Waals surface area contributed by atoms with E-state index in [-0.39, 0.29) is 0 Å². The van der Waals surface area contributed by atoms with E-state index in [0.717, 1.165) is 0 Å². The third-order valence-electron chi connectivity index (χ3n) is 4.89. The molecule has 3 atom stereocenters. The quantitative estimate of drug-likeness (QED) is 0.646. The average molecular weight is 363 g/mol. The van der Waals surface area contributed by atoms with Gasteiger partial charge in [0.25, 0.3) is 0 Å². The lowest BCUT2D eigenvalue weighted by Crippen LogP contribution is -2.42. The van der Waals surface area contributed by atoms with Gasteiger partial charge in [-0.05, 0) is 29.3 Å². The molecule has 0 saturated carbocycles. The molecule has 2 aromatic rings. The van der Waals surface area contributed by atoms with Gasteiger partial charge in [0.15, 0.2) is 5.41 Å². The number of hydrogen-bond donors (Lipinski definition) is 1. The molecule has 2 aromatic carbocycles. The predicted molar refractivity (Wildman–Crippen MR) is 98.2 cm³/mol. The van der Waals surface area contributed by atoms with Crippen LogP contribution in [0.25, 0.3) is 5.57 Å². The summed E-state index contributed by atoms with van der Waals surface area (Å²) < 4.78 is 5.20. The first kappa shape index (κ1) is 18.1. The van der Waals surface area contributed by atoms with E-state index in [2.05, 4.69) is 0 Å². The van der Waals surface area contributed by atoms with E-state index in [1.54, 1.807) is 54.6 Å². The first-order valence-electron chi connectivity index (χ1n) is 8.21. The monoisotopic (exact) mass is 363 g/mol. The summed E-state index contributed by atoms with van der Waals surface area (Å²) in [5.41, 5.74) is 5.06. The fourth-order valence-electron chi connectivity index (χ4n) is 3.63. The van der Waals surface area contributed by atoms with Gasteiger partial charge >= 0.3 is 0 Å². The molecule has 0 radical (unpaired) electrons. The number of methoxy groups -OCH3 is 1. The van der Waals surface area contributed by atoms with Gasteiger partial charge in [-0.2, -0.15) is 5.26 Å². The smallest absolute Gasteiger partial charge is 0.247 e. The molecule has 3 unspecified atom stereocenters. The summed E-state index contributed by atoms with van der Waals surface area (Å²) in [6.07, 6.45) is 1.35. The van der Waals surface area contributed by atoms with Gasteiger partial charge in [0.1, 0.15) is 5.75 Å². The number of nitriles is 1. The van der Waals surface area contributed by atoms with Gasteiger partial charge in [-0.25, -0.2) is 0 Å². The number of benzene rings is 2. The molecule has 136 valence electrons. The molecular formula is C20H17N3O4. The molecule has 0 spiro atoms. The lowest BCUT2D eigenvalue weighted by atomic mass is 9.73. The van der Waals surface area contributed by atoms with E-state index in [0.29, 0.717) is 22.4 Å². The van der Waals surface area contributed by atoms with E-state index in [1.807, 2.05) is 6.07 Å². The molecule has 0 heterocycles. The molecule has 0 aliphatic heterocycles. The normalized spacial score (nSPS) is 23.9. The van der Waals surface area contributed by atoms with Crippen LogP contribution in [0.1, 0.15) is 17.0 Å². The Labute approximate surface area is 155 Å². The van der Waals surface area contributed by atoms with Crippen molar-refractivity contribution in [2.24, 2.45) is 11.1 Å². The van der Waals surface area contributed by atoms with Crippen LogP contribution >= 0.6 is 0 Å². The molecule has 0 fully saturated rings. The number of hydrogen-bond acceptors (Lipinski definition) is 5. The number of nitro groups is 1. The zero-order valence-electron chi connectivity index (χ0n) is 14.5. The standard InChI is InChI=1S/C20H17N3O4/c1-27-15-9-5-8-14(10-15)17-18(23(25)26)16(13-6-3-2-4-7-13)11-20(17,12-21)19(22)24/h2-11,17-18H,1H3,(H2,22,24). The summed E-state index contributed by atoms with van der Waals surface area (Å²) in [7, 11) is 1.47. The van der Waals surface area contributed by atoms with Crippen molar-refractivity contribution in [3.05, 3.63) is 81.9 Å². The summed E-state index contributed by atoms with van der Waals surface area (Å²) in [5, 5.41) is 21.9. The first-order chi connectivity index (χ1) is 12.9. The van der Waals surface area contributed by atoms with Crippen molar-refractivity contribution in [2.45, 2.75) is 12.0 Å². The molecule has 1 aliphatic carbocycles. The summed E-state index contributed by atoms with van der Waals surface area (Å²) in [6.45, 7) is 0. The maximum Gasteiger partial charge on any atom is 0.247 e. The van der Waals surface area contributed by atoms with Crippen molar-refractivity contribution in [2.75, 3.05) is 7.11 Å². The Hall–Kier alpha value is -3.66. The SMILES string of the molecule is COc1cccc(C2C([N+](=O)[O-])C(c3ccccc3)=CC2(C#N)C(N)=O)c1. The maximum atomic E-state index is 12.3. The van der Waals surface area contributed by atoms with E-state index >= 15 is 0 Å². The zero-order chi connectivity index (χ0) is 19.6. The second-order valence-electron chi connectivity index (χ2n) is 6.30. The van der Waals surface area contributed by atoms with Gasteiger partial charge in [-0.1, -0.05) is 42.5 Å². The van der Waals surface area contributed by atoms with Gasteiger partial charge in [0, 0.05) is 10.5 Å². The highest BCUT2D eigenvalue weighted by Gasteiger charge is 2.59. The van der Waals surface area contributed by atoms with Gasteiger partial charge < -0.3 is 10.5 Å². The molecule has 7 heteroatoms. The third-order valence-corrected chi connectivity index (χ3v) is 4.89. The van der Waals surface area contributed by atoms with Gasteiger partial charge in [0.05, 0.1) is 19.1 Å². The minimum Gasteiger partial charge on any atom is -0.497 e. The Kier molecular flexibility index (Phi) is 4.65. The fourth-order valence-corrected chi connectivity index (χ4v) is 3.63. The van der Waals surface area contributed by atoms with E-state index < -0.39 is 28.2 Å². The number of nitrogens with zero attached hydrogens (tertiary/aromatic N) is 2. The van der Waals surface area contributed by atoms with Crippen LogP contribution in [0.4, 0.5) is 0 Å². The lowest BCUT2D eigenvalue weighted by Gasteiger charge is -2.26. The minimum absolute atomic E-state index is 0.300. The average Bonchev–Trinajstić information content (AvgIpc) is 3.06. The Morgan fingerprint density at radius 3 is 2.52 bits per heavy atom. The topological polar surface area (TPSA) is 119 Å². The highest BCUT2D eigenvalue weighted by Crippen LogP contribution is 2.52. The van der Waals surface area contributed by atoms with Crippen LogP contribution in [0.3, 0.4) is 0 Å². The maximum absolute atomic E-state index is 12.3. The van der Waals surface area contributed by atoms with Crippen molar-refractivity contribution in [1.29, 1.82) is 5.26 Å². The van der Waals surface area contributed by atoms with Crippen molar-refractivity contribution >= 4 is 11.5 Å². The second kappa shape index (κ2) is 6.92. The number of carbonyl (C=O) groups is 1. The van der Waals surface area contributed by atoms with Crippen LogP contribution in [0.2, 0.25) is 0 Å². The fraction of sp³-hybridized carbons (Fsp3) is 0.200. The third kappa shape index (κ3) is 2.91. The molecule has 0 saturated heterocycles. The molecule has 2 N–H and O–H groups in total. The van der Waals surface area contributed by atoms with Crippen molar-refractivity contribution < 1.29 is 14.5 Å². The van der Waals surface area contributed by atoms with Crippen molar-refractivity contribution in [3.8, 4) is 11.8 Å². The molecular weight excluding hydrogens is 346 g/mol. The Balaban J connectivity index is 2.27. The Bertz CT molecular complexity index is 965. The first-order valence-corrected chi connectivity index (χ1v) is 8.21. The largest absolute Gasteiger partial charge is 0.497 e. The number of carbonyl (C=O) groups excluding carboxylic acids is 1. The van der Waals surface area contributed by atoms with Crippen LogP contribution in [0, 0.1) is 26.9 Å². The molecule has 27 heavy (non-hydrogen) atoms. The zero-order valence-corrected chi connectivity index (χ0v) is 14.5. The predicted octanol–water partition coefficient (Wildman–Crippen LogP) is 2.52. The van der Waals surface area contributed by atoms with Gasteiger partial charge in [-0.3, -0.25) is 14.9 Å².